The van der Waals surface area contributed by atoms with Crippen LogP contribution >= 0.6 is 11.9 Å². The number of nitrogens with two attached hydrogens (primary N) is 1. The van der Waals surface area contributed by atoms with Crippen molar-refractivity contribution in [3.8, 4) is 0 Å². The maximum atomic E-state index is 5.48. The van der Waals surface area contributed by atoms with Crippen LogP contribution in [0.5, 0.6) is 0 Å². The molecule has 1 atom stereocenters. The predicted octanol–water partition coefficient (Wildman–Crippen LogP) is 2.49. The van der Waals surface area contributed by atoms with Crippen molar-refractivity contribution < 1.29 is 0 Å². The van der Waals surface area contributed by atoms with Crippen molar-refractivity contribution in [3.63, 3.8) is 0 Å². The molecule has 0 radical (unpaired) electrons. The van der Waals surface area contributed by atoms with Crippen LogP contribution < -0.4 is 11.1 Å². The molecule has 1 aromatic rings. The molecule has 0 aromatic heterocycles. The van der Waals surface area contributed by atoms with Gasteiger partial charge in [-0.25, -0.2) is 4.40 Å². The largest absolute Gasteiger partial charge is 0.387 e. The van der Waals surface area contributed by atoms with Crippen molar-refractivity contribution in [2.24, 2.45) is 10.1 Å². The van der Waals surface area contributed by atoms with Gasteiger partial charge >= 0.3 is 0 Å². The molecule has 1 rings (SSSR count). The molecular weight excluding hydrogens is 218 g/mol. The van der Waals surface area contributed by atoms with Crippen molar-refractivity contribution in [2.75, 3.05) is 7.05 Å². The van der Waals surface area contributed by atoms with E-state index in [9.17, 15) is 0 Å². The number of amidine groups is 1. The van der Waals surface area contributed by atoms with E-state index in [1.165, 1.54) is 23.1 Å². The zero-order valence-corrected chi connectivity index (χ0v) is 10.8. The first kappa shape index (κ1) is 13.1. The van der Waals surface area contributed by atoms with E-state index in [1.54, 1.807) is 6.92 Å². The Morgan fingerprint density at radius 2 is 2.31 bits per heavy atom. The van der Waals surface area contributed by atoms with Gasteiger partial charge in [-0.1, -0.05) is 24.3 Å². The van der Waals surface area contributed by atoms with Crippen molar-refractivity contribution >= 4 is 17.8 Å². The van der Waals surface area contributed by atoms with E-state index in [0.717, 1.165) is 5.75 Å². The molecular formula is C12H19N3S. The Kier molecular flexibility index (Phi) is 5.35. The predicted molar refractivity (Wildman–Crippen MR) is 72.5 cm³/mol. The van der Waals surface area contributed by atoms with E-state index in [1.807, 2.05) is 7.05 Å². The number of hydrogen-bond donors (Lipinski definition) is 2. The number of rotatable bonds is 5. The summed E-state index contributed by atoms with van der Waals surface area (Å²) < 4.78 is 4.11. The number of hydrogen-bond acceptors (Lipinski definition) is 3. The Morgan fingerprint density at radius 1 is 1.56 bits per heavy atom. The Hall–Kier alpha value is -1.00. The van der Waals surface area contributed by atoms with Crippen LogP contribution in [-0.2, 0) is 5.75 Å². The highest BCUT2D eigenvalue weighted by Gasteiger charge is 2.02. The number of nitrogens with zero attached hydrogens (tertiary/aromatic N) is 1. The summed E-state index contributed by atoms with van der Waals surface area (Å²) in [5.41, 5.74) is 8.05. The average Bonchev–Trinajstić information content (AvgIpc) is 2.28. The van der Waals surface area contributed by atoms with Crippen molar-refractivity contribution in [2.45, 2.75) is 25.6 Å². The summed E-state index contributed by atoms with van der Waals surface area (Å²) in [5, 5.41) is 3.23. The van der Waals surface area contributed by atoms with Crippen LogP contribution in [0.25, 0.3) is 0 Å². The smallest absolute Gasteiger partial charge is 0.104 e. The molecule has 3 nitrogen and oxygen atoms in total. The van der Waals surface area contributed by atoms with E-state index in [2.05, 4.69) is 40.9 Å². The van der Waals surface area contributed by atoms with Crippen LogP contribution in [0.1, 0.15) is 31.0 Å². The first-order chi connectivity index (χ1) is 7.63. The molecule has 0 saturated carbocycles. The average molecular weight is 237 g/mol. The maximum Gasteiger partial charge on any atom is 0.104 e. The molecule has 0 saturated heterocycles. The van der Waals surface area contributed by atoms with Crippen LogP contribution in [0.4, 0.5) is 0 Å². The number of benzene rings is 1. The first-order valence-electron chi connectivity index (χ1n) is 5.31. The third kappa shape index (κ3) is 4.24. The van der Waals surface area contributed by atoms with Gasteiger partial charge in [-0.05, 0) is 44.0 Å². The third-order valence-corrected chi connectivity index (χ3v) is 3.20. The summed E-state index contributed by atoms with van der Waals surface area (Å²) in [6.45, 7) is 3.95. The van der Waals surface area contributed by atoms with Gasteiger partial charge < -0.3 is 11.1 Å². The van der Waals surface area contributed by atoms with Gasteiger partial charge in [-0.2, -0.15) is 0 Å². The molecule has 0 aliphatic carbocycles. The van der Waals surface area contributed by atoms with Gasteiger partial charge in [0.1, 0.15) is 5.84 Å². The molecule has 3 N–H and O–H groups in total. The molecule has 4 heteroatoms. The van der Waals surface area contributed by atoms with Gasteiger partial charge in [0, 0.05) is 11.8 Å². The maximum absolute atomic E-state index is 5.48. The van der Waals surface area contributed by atoms with Gasteiger partial charge in [-0.3, -0.25) is 0 Å². The zero-order valence-electron chi connectivity index (χ0n) is 10.0. The summed E-state index contributed by atoms with van der Waals surface area (Å²) in [6, 6.07) is 8.91. The van der Waals surface area contributed by atoms with Crippen LogP contribution in [0, 0.1) is 0 Å². The lowest BCUT2D eigenvalue weighted by Crippen LogP contribution is -2.12. The summed E-state index contributed by atoms with van der Waals surface area (Å²) >= 11 is 1.49. The quantitative estimate of drug-likeness (QED) is 0.470. The topological polar surface area (TPSA) is 50.4 Å². The van der Waals surface area contributed by atoms with Crippen LogP contribution in [0.2, 0.25) is 0 Å². The van der Waals surface area contributed by atoms with Gasteiger partial charge in [0.2, 0.25) is 0 Å². The lowest BCUT2D eigenvalue weighted by atomic mass is 10.1. The van der Waals surface area contributed by atoms with Gasteiger partial charge in [0.15, 0.2) is 0 Å². The fourth-order valence-corrected chi connectivity index (χ4v) is 1.92. The van der Waals surface area contributed by atoms with E-state index >= 15 is 0 Å². The van der Waals surface area contributed by atoms with Crippen molar-refractivity contribution in [3.05, 3.63) is 35.4 Å². The molecule has 0 bridgehead atoms. The van der Waals surface area contributed by atoms with E-state index in [4.69, 9.17) is 5.73 Å². The Labute approximate surface area is 102 Å². The second-order valence-corrected chi connectivity index (χ2v) is 4.49. The molecule has 88 valence electrons. The zero-order chi connectivity index (χ0) is 12.0. The normalized spacial score (nSPS) is 13.8. The van der Waals surface area contributed by atoms with Crippen LogP contribution in [-0.4, -0.2) is 12.9 Å². The third-order valence-electron chi connectivity index (χ3n) is 2.32. The molecule has 0 spiro atoms. The minimum Gasteiger partial charge on any atom is -0.387 e. The SMILES string of the molecule is CNC(C)c1cccc(CS/N=C(/C)N)c1. The highest BCUT2D eigenvalue weighted by atomic mass is 32.2. The van der Waals surface area contributed by atoms with Crippen molar-refractivity contribution in [1.29, 1.82) is 0 Å². The highest BCUT2D eigenvalue weighted by Crippen LogP contribution is 2.18. The number of nitrogens with one attached hydrogen (secondary N) is 1. The van der Waals surface area contributed by atoms with Crippen LogP contribution in [0.15, 0.2) is 28.7 Å². The van der Waals surface area contributed by atoms with Gasteiger partial charge in [-0.15, -0.1) is 0 Å². The summed E-state index contributed by atoms with van der Waals surface area (Å²) in [7, 11) is 1.97. The molecule has 0 heterocycles. The van der Waals surface area contributed by atoms with E-state index in [-0.39, 0.29) is 0 Å². The van der Waals surface area contributed by atoms with Gasteiger partial charge in [0.05, 0.1) is 0 Å². The standard InChI is InChI=1S/C12H19N3S/c1-9(14-3)12-6-4-5-11(7-12)8-16-15-10(2)13/h4-7,9,14H,8H2,1-3H3,(H2,13,15). The second kappa shape index (κ2) is 6.55. The van der Waals surface area contributed by atoms with Gasteiger partial charge in [0.25, 0.3) is 0 Å². The van der Waals surface area contributed by atoms with E-state index in [0.29, 0.717) is 11.9 Å². The molecule has 0 amide bonds. The lowest BCUT2D eigenvalue weighted by molar-refractivity contribution is 0.652. The Bertz CT molecular complexity index is 359. The Morgan fingerprint density at radius 3 is 2.94 bits per heavy atom. The van der Waals surface area contributed by atoms with Crippen molar-refractivity contribution in [1.82, 2.24) is 5.32 Å². The monoisotopic (exact) mass is 237 g/mol. The second-order valence-electron chi connectivity index (χ2n) is 3.76. The fraction of sp³-hybridized carbons (Fsp3) is 0.417. The molecule has 1 unspecified atom stereocenters. The Balaban J connectivity index is 2.64. The molecule has 0 fully saturated rings. The highest BCUT2D eigenvalue weighted by molar-refractivity contribution is 7.97. The molecule has 0 aliphatic rings. The lowest BCUT2D eigenvalue weighted by Gasteiger charge is -2.11. The fourth-order valence-electron chi connectivity index (χ4n) is 1.33. The minimum atomic E-state index is 0.379. The molecule has 16 heavy (non-hydrogen) atoms. The minimum absolute atomic E-state index is 0.379. The summed E-state index contributed by atoms with van der Waals surface area (Å²) in [5.74, 6) is 1.48. The first-order valence-corrected chi connectivity index (χ1v) is 6.26. The molecule has 1 aromatic carbocycles. The van der Waals surface area contributed by atoms with E-state index < -0.39 is 0 Å². The molecule has 0 aliphatic heterocycles. The summed E-state index contributed by atoms with van der Waals surface area (Å²) in [4.78, 5) is 0. The summed E-state index contributed by atoms with van der Waals surface area (Å²) in [6.07, 6.45) is 0. The van der Waals surface area contributed by atoms with Crippen LogP contribution in [0.3, 0.4) is 0 Å².